The predicted octanol–water partition coefficient (Wildman–Crippen LogP) is -1.27. The van der Waals surface area contributed by atoms with E-state index in [0.717, 1.165) is 5.56 Å². The van der Waals surface area contributed by atoms with Gasteiger partial charge in [0.1, 0.15) is 0 Å². The molecule has 1 aromatic carbocycles. The largest absolute Gasteiger partial charge is 1.00 e. The van der Waals surface area contributed by atoms with E-state index in [1.165, 1.54) is 19.2 Å². The molecule has 0 aliphatic heterocycles. The van der Waals surface area contributed by atoms with Crippen molar-refractivity contribution in [3.05, 3.63) is 28.8 Å². The molecular weight excluding hydrogens is 235 g/mol. The van der Waals surface area contributed by atoms with Gasteiger partial charge in [0, 0.05) is 17.0 Å². The SMILES string of the molecule is COCc1cc(Cl)cc(S(=O)[O-])c1.[Na+]. The Balaban J connectivity index is 0.00000169. The predicted molar refractivity (Wildman–Crippen MR) is 49.4 cm³/mol. The molecule has 0 N–H and O–H groups in total. The fraction of sp³-hybridized carbons (Fsp3) is 0.250. The molecule has 3 nitrogen and oxygen atoms in total. The summed E-state index contributed by atoms with van der Waals surface area (Å²) in [7, 11) is 1.54. The minimum Gasteiger partial charge on any atom is -0.768 e. The quantitative estimate of drug-likeness (QED) is 0.491. The van der Waals surface area contributed by atoms with E-state index in [-0.39, 0.29) is 34.5 Å². The Bertz CT molecular complexity index is 332. The van der Waals surface area contributed by atoms with Crippen LogP contribution in [0.5, 0.6) is 0 Å². The molecule has 1 rings (SSSR count). The summed E-state index contributed by atoms with van der Waals surface area (Å²) in [6, 6.07) is 4.59. The summed E-state index contributed by atoms with van der Waals surface area (Å²) < 4.78 is 26.1. The van der Waals surface area contributed by atoms with Crippen molar-refractivity contribution in [3.8, 4) is 0 Å². The van der Waals surface area contributed by atoms with E-state index in [1.807, 2.05) is 0 Å². The van der Waals surface area contributed by atoms with Crippen molar-refractivity contribution in [2.24, 2.45) is 0 Å². The van der Waals surface area contributed by atoms with Gasteiger partial charge in [-0.1, -0.05) is 11.6 Å². The maximum atomic E-state index is 10.6. The van der Waals surface area contributed by atoms with Crippen LogP contribution in [-0.4, -0.2) is 15.9 Å². The molecule has 0 aromatic heterocycles. The Morgan fingerprint density at radius 3 is 2.64 bits per heavy atom. The van der Waals surface area contributed by atoms with Crippen molar-refractivity contribution >= 4 is 22.7 Å². The summed E-state index contributed by atoms with van der Waals surface area (Å²) >= 11 is 3.46. The molecule has 0 fully saturated rings. The standard InChI is InChI=1S/C8H9ClO3S.Na/c1-12-5-6-2-7(9)4-8(3-6)13(10)11;/h2-4H,5H2,1H3,(H,10,11);/q;+1/p-1. The number of rotatable bonds is 3. The van der Waals surface area contributed by atoms with Gasteiger partial charge >= 0.3 is 29.6 Å². The van der Waals surface area contributed by atoms with Crippen LogP contribution < -0.4 is 29.6 Å². The van der Waals surface area contributed by atoms with Gasteiger partial charge in [-0.3, -0.25) is 4.21 Å². The molecule has 1 aromatic rings. The van der Waals surface area contributed by atoms with Gasteiger partial charge < -0.3 is 9.29 Å². The summed E-state index contributed by atoms with van der Waals surface area (Å²) in [4.78, 5) is 0.180. The zero-order valence-corrected chi connectivity index (χ0v) is 11.5. The van der Waals surface area contributed by atoms with Crippen molar-refractivity contribution in [1.29, 1.82) is 0 Å². The maximum Gasteiger partial charge on any atom is 1.00 e. The third-order valence-corrected chi connectivity index (χ3v) is 2.27. The van der Waals surface area contributed by atoms with E-state index in [1.54, 1.807) is 6.07 Å². The molecule has 0 amide bonds. The number of hydrogen-bond acceptors (Lipinski definition) is 3. The van der Waals surface area contributed by atoms with Crippen LogP contribution in [0.4, 0.5) is 0 Å². The molecule has 0 radical (unpaired) electrons. The van der Waals surface area contributed by atoms with Crippen molar-refractivity contribution in [2.75, 3.05) is 7.11 Å². The van der Waals surface area contributed by atoms with E-state index < -0.39 is 11.1 Å². The first-order chi connectivity index (χ1) is 6.13. The van der Waals surface area contributed by atoms with Crippen LogP contribution in [-0.2, 0) is 22.4 Å². The first-order valence-corrected chi connectivity index (χ1v) is 4.96. The zero-order valence-electron chi connectivity index (χ0n) is 7.95. The maximum absolute atomic E-state index is 10.6. The van der Waals surface area contributed by atoms with Gasteiger partial charge in [0.25, 0.3) is 0 Å². The number of halogens is 1. The van der Waals surface area contributed by atoms with Crippen molar-refractivity contribution in [3.63, 3.8) is 0 Å². The van der Waals surface area contributed by atoms with E-state index in [2.05, 4.69) is 0 Å². The fourth-order valence-corrected chi connectivity index (χ4v) is 1.76. The zero-order chi connectivity index (χ0) is 9.84. The third kappa shape index (κ3) is 4.40. The molecule has 1 atom stereocenters. The second-order valence-corrected chi connectivity index (χ2v) is 3.84. The topological polar surface area (TPSA) is 49.4 Å². The van der Waals surface area contributed by atoms with Crippen LogP contribution in [0, 0.1) is 0 Å². The van der Waals surface area contributed by atoms with E-state index in [4.69, 9.17) is 16.3 Å². The normalized spacial score (nSPS) is 11.9. The molecule has 0 aliphatic carbocycles. The second-order valence-electron chi connectivity index (χ2n) is 2.46. The van der Waals surface area contributed by atoms with E-state index in [0.29, 0.717) is 11.6 Å². The summed E-state index contributed by atoms with van der Waals surface area (Å²) in [5.74, 6) is 0. The molecule has 0 spiro atoms. The molecule has 1 unspecified atom stereocenters. The van der Waals surface area contributed by atoms with Gasteiger partial charge in [0.2, 0.25) is 0 Å². The van der Waals surface area contributed by atoms with Gasteiger partial charge in [-0.25, -0.2) is 0 Å². The van der Waals surface area contributed by atoms with Crippen LogP contribution in [0.15, 0.2) is 23.1 Å². The van der Waals surface area contributed by atoms with E-state index in [9.17, 15) is 8.76 Å². The van der Waals surface area contributed by atoms with Crippen LogP contribution in [0.1, 0.15) is 5.56 Å². The molecule has 0 saturated heterocycles. The first kappa shape index (κ1) is 14.6. The minimum absolute atomic E-state index is 0. The Morgan fingerprint density at radius 1 is 1.50 bits per heavy atom. The Morgan fingerprint density at radius 2 is 2.14 bits per heavy atom. The van der Waals surface area contributed by atoms with Gasteiger partial charge in [-0.2, -0.15) is 0 Å². The molecule has 6 heteroatoms. The monoisotopic (exact) mass is 242 g/mol. The van der Waals surface area contributed by atoms with Crippen molar-refractivity contribution < 1.29 is 43.1 Å². The average Bonchev–Trinajstić information content (AvgIpc) is 2.03. The molecular formula is C8H8ClNaO3S. The van der Waals surface area contributed by atoms with Crippen molar-refractivity contribution in [1.82, 2.24) is 0 Å². The Kier molecular flexibility index (Phi) is 7.24. The smallest absolute Gasteiger partial charge is 0.768 e. The molecule has 0 aliphatic rings. The number of hydrogen-bond donors (Lipinski definition) is 0. The molecule has 0 heterocycles. The van der Waals surface area contributed by atoms with Gasteiger partial charge in [-0.15, -0.1) is 0 Å². The van der Waals surface area contributed by atoms with Gasteiger partial charge in [-0.05, 0) is 34.8 Å². The van der Waals surface area contributed by atoms with Gasteiger partial charge in [0.05, 0.1) is 6.61 Å². The van der Waals surface area contributed by atoms with Crippen LogP contribution in [0.3, 0.4) is 0 Å². The Labute approximate surface area is 112 Å². The van der Waals surface area contributed by atoms with Crippen LogP contribution in [0.2, 0.25) is 5.02 Å². The number of methoxy groups -OCH3 is 1. The second kappa shape index (κ2) is 6.95. The van der Waals surface area contributed by atoms with Crippen LogP contribution >= 0.6 is 11.6 Å². The first-order valence-electron chi connectivity index (χ1n) is 3.51. The molecule has 72 valence electrons. The minimum atomic E-state index is -2.24. The van der Waals surface area contributed by atoms with Crippen LogP contribution in [0.25, 0.3) is 0 Å². The number of ether oxygens (including phenoxy) is 1. The average molecular weight is 243 g/mol. The Hall–Kier alpha value is 0.580. The summed E-state index contributed by atoms with van der Waals surface area (Å²) in [6.07, 6.45) is 0. The third-order valence-electron chi connectivity index (χ3n) is 1.43. The summed E-state index contributed by atoms with van der Waals surface area (Å²) in [5, 5.41) is 0.397. The molecule has 14 heavy (non-hydrogen) atoms. The van der Waals surface area contributed by atoms with Crippen molar-refractivity contribution in [2.45, 2.75) is 11.5 Å². The fourth-order valence-electron chi connectivity index (χ4n) is 0.967. The summed E-state index contributed by atoms with van der Waals surface area (Å²) in [5.41, 5.74) is 0.745. The molecule has 0 saturated carbocycles. The van der Waals surface area contributed by atoms with Gasteiger partial charge in [0.15, 0.2) is 0 Å². The van der Waals surface area contributed by atoms with E-state index >= 15 is 0 Å². The molecule has 0 bridgehead atoms. The summed E-state index contributed by atoms with van der Waals surface area (Å²) in [6.45, 7) is 0.352. The number of benzene rings is 1.